The molecular formula is C5H8O3. The smallest absolute Gasteiger partial charge is 0.315 e. The van der Waals surface area contributed by atoms with E-state index in [0.29, 0.717) is 6.29 Å². The molecule has 0 aromatic rings. The van der Waals surface area contributed by atoms with E-state index >= 15 is 0 Å². The quantitative estimate of drug-likeness (QED) is 0.289. The maximum Gasteiger partial charge on any atom is 0.315 e. The molecule has 0 spiro atoms. The molecule has 8 heavy (non-hydrogen) atoms. The Bertz CT molecular complexity index is 97.8. The van der Waals surface area contributed by atoms with Gasteiger partial charge in [0.15, 0.2) is 0 Å². The van der Waals surface area contributed by atoms with Gasteiger partial charge in [-0.2, -0.15) is 0 Å². The van der Waals surface area contributed by atoms with Crippen molar-refractivity contribution in [2.75, 3.05) is 7.11 Å². The van der Waals surface area contributed by atoms with Gasteiger partial charge in [-0.3, -0.25) is 4.79 Å². The highest BCUT2D eigenvalue weighted by Crippen LogP contribution is 1.89. The van der Waals surface area contributed by atoms with Crippen LogP contribution in [0, 0.1) is 5.92 Å². The summed E-state index contributed by atoms with van der Waals surface area (Å²) in [6, 6.07) is 0. The van der Waals surface area contributed by atoms with E-state index in [4.69, 9.17) is 0 Å². The average molecular weight is 116 g/mol. The third-order valence-electron chi connectivity index (χ3n) is 0.777. The first-order chi connectivity index (χ1) is 3.72. The summed E-state index contributed by atoms with van der Waals surface area (Å²) in [6.07, 6.45) is 0.547. The Balaban J connectivity index is 3.62. The topological polar surface area (TPSA) is 43.4 Å². The number of aldehydes is 1. The zero-order chi connectivity index (χ0) is 6.57. The van der Waals surface area contributed by atoms with E-state index in [0.717, 1.165) is 0 Å². The molecule has 0 N–H and O–H groups in total. The SMILES string of the molecule is COC(=O)[C@@H](C)C=O. The fourth-order valence-corrected chi connectivity index (χ4v) is 0.241. The average Bonchev–Trinajstić information content (AvgIpc) is 1.84. The van der Waals surface area contributed by atoms with E-state index < -0.39 is 11.9 Å². The van der Waals surface area contributed by atoms with E-state index in [2.05, 4.69) is 4.74 Å². The summed E-state index contributed by atoms with van der Waals surface area (Å²) in [5, 5.41) is 0. The van der Waals surface area contributed by atoms with Crippen LogP contribution in [0.5, 0.6) is 0 Å². The molecule has 0 rings (SSSR count). The van der Waals surface area contributed by atoms with Crippen molar-refractivity contribution in [1.29, 1.82) is 0 Å². The van der Waals surface area contributed by atoms with Crippen molar-refractivity contribution >= 4 is 12.3 Å². The van der Waals surface area contributed by atoms with Crippen molar-refractivity contribution in [2.24, 2.45) is 5.92 Å². The van der Waals surface area contributed by atoms with Crippen LogP contribution in [0.4, 0.5) is 0 Å². The highest BCUT2D eigenvalue weighted by Gasteiger charge is 2.09. The van der Waals surface area contributed by atoms with Gasteiger partial charge in [-0.05, 0) is 6.92 Å². The lowest BCUT2D eigenvalue weighted by atomic mass is 10.2. The minimum atomic E-state index is -0.625. The molecule has 0 bridgehead atoms. The first kappa shape index (κ1) is 7.14. The van der Waals surface area contributed by atoms with Crippen LogP contribution in [-0.4, -0.2) is 19.4 Å². The van der Waals surface area contributed by atoms with E-state index in [1.165, 1.54) is 14.0 Å². The Labute approximate surface area is 47.6 Å². The van der Waals surface area contributed by atoms with Crippen molar-refractivity contribution in [3.05, 3.63) is 0 Å². The molecule has 0 saturated heterocycles. The Hall–Kier alpha value is -0.860. The Morgan fingerprint density at radius 2 is 2.25 bits per heavy atom. The van der Waals surface area contributed by atoms with Crippen LogP contribution in [0.25, 0.3) is 0 Å². The monoisotopic (exact) mass is 116 g/mol. The standard InChI is InChI=1S/C5H8O3/c1-4(3-6)5(7)8-2/h3-4H,1-2H3/t4-/m0/s1. The number of esters is 1. The number of methoxy groups -OCH3 is 1. The summed E-state index contributed by atoms with van der Waals surface area (Å²) in [5.41, 5.74) is 0. The highest BCUT2D eigenvalue weighted by atomic mass is 16.5. The van der Waals surface area contributed by atoms with Gasteiger partial charge in [0.25, 0.3) is 0 Å². The van der Waals surface area contributed by atoms with Gasteiger partial charge in [0, 0.05) is 0 Å². The van der Waals surface area contributed by atoms with Crippen molar-refractivity contribution in [2.45, 2.75) is 6.92 Å². The second kappa shape index (κ2) is 3.18. The van der Waals surface area contributed by atoms with E-state index in [1.807, 2.05) is 0 Å². The molecule has 3 nitrogen and oxygen atoms in total. The molecule has 0 aliphatic heterocycles. The maximum absolute atomic E-state index is 10.3. The molecule has 0 aliphatic carbocycles. The Kier molecular flexibility index (Phi) is 2.84. The number of ether oxygens (including phenoxy) is 1. The number of hydrogen-bond donors (Lipinski definition) is 0. The summed E-state index contributed by atoms with van der Waals surface area (Å²) in [7, 11) is 1.25. The molecule has 0 heterocycles. The number of rotatable bonds is 2. The van der Waals surface area contributed by atoms with Crippen LogP contribution >= 0.6 is 0 Å². The fourth-order valence-electron chi connectivity index (χ4n) is 0.241. The van der Waals surface area contributed by atoms with Crippen LogP contribution in [0.2, 0.25) is 0 Å². The molecule has 0 saturated carbocycles. The predicted molar refractivity (Wildman–Crippen MR) is 27.2 cm³/mol. The van der Waals surface area contributed by atoms with Gasteiger partial charge in [-0.25, -0.2) is 0 Å². The van der Waals surface area contributed by atoms with Crippen molar-refractivity contribution in [3.8, 4) is 0 Å². The summed E-state index contributed by atoms with van der Waals surface area (Å²) >= 11 is 0. The fraction of sp³-hybridized carbons (Fsp3) is 0.600. The van der Waals surface area contributed by atoms with Crippen LogP contribution in [0.15, 0.2) is 0 Å². The van der Waals surface area contributed by atoms with Crippen LogP contribution in [0.1, 0.15) is 6.92 Å². The molecule has 0 amide bonds. The minimum absolute atomic E-state index is 0.486. The molecule has 46 valence electrons. The lowest BCUT2D eigenvalue weighted by Gasteiger charge is -1.97. The van der Waals surface area contributed by atoms with E-state index in [9.17, 15) is 9.59 Å². The summed E-state index contributed by atoms with van der Waals surface area (Å²) in [4.78, 5) is 20.1. The predicted octanol–water partition coefficient (Wildman–Crippen LogP) is -0.00560. The largest absolute Gasteiger partial charge is 0.468 e. The molecule has 0 aromatic heterocycles. The third kappa shape index (κ3) is 1.73. The zero-order valence-electron chi connectivity index (χ0n) is 4.88. The molecule has 1 atom stereocenters. The van der Waals surface area contributed by atoms with Gasteiger partial charge in [0.2, 0.25) is 0 Å². The summed E-state index contributed by atoms with van der Waals surface area (Å²) in [5.74, 6) is -1.11. The maximum atomic E-state index is 10.3. The molecule has 0 aromatic carbocycles. The van der Waals surface area contributed by atoms with Crippen molar-refractivity contribution < 1.29 is 14.3 Å². The third-order valence-corrected chi connectivity index (χ3v) is 0.777. The number of carbonyl (C=O) groups is 2. The Morgan fingerprint density at radius 3 is 2.38 bits per heavy atom. The van der Waals surface area contributed by atoms with Crippen molar-refractivity contribution in [3.63, 3.8) is 0 Å². The first-order valence-electron chi connectivity index (χ1n) is 2.25. The number of carbonyl (C=O) groups excluding carboxylic acids is 2. The number of hydrogen-bond acceptors (Lipinski definition) is 3. The van der Waals surface area contributed by atoms with Gasteiger partial charge in [0.1, 0.15) is 12.2 Å². The molecule has 0 aliphatic rings. The lowest BCUT2D eigenvalue weighted by molar-refractivity contribution is -0.146. The summed E-state index contributed by atoms with van der Waals surface area (Å²) < 4.78 is 4.23. The normalized spacial score (nSPS) is 12.2. The second-order valence-electron chi connectivity index (χ2n) is 1.45. The summed E-state index contributed by atoms with van der Waals surface area (Å²) in [6.45, 7) is 1.48. The van der Waals surface area contributed by atoms with Gasteiger partial charge in [-0.1, -0.05) is 0 Å². The van der Waals surface area contributed by atoms with Crippen LogP contribution < -0.4 is 0 Å². The lowest BCUT2D eigenvalue weighted by Crippen LogP contribution is -2.13. The zero-order valence-corrected chi connectivity index (χ0v) is 4.88. The Morgan fingerprint density at radius 1 is 1.75 bits per heavy atom. The van der Waals surface area contributed by atoms with Crippen LogP contribution in [-0.2, 0) is 14.3 Å². The van der Waals surface area contributed by atoms with Gasteiger partial charge in [0.05, 0.1) is 7.11 Å². The molecule has 0 unspecified atom stereocenters. The molecular weight excluding hydrogens is 108 g/mol. The first-order valence-corrected chi connectivity index (χ1v) is 2.25. The van der Waals surface area contributed by atoms with Crippen LogP contribution in [0.3, 0.4) is 0 Å². The minimum Gasteiger partial charge on any atom is -0.468 e. The molecule has 0 fully saturated rings. The second-order valence-corrected chi connectivity index (χ2v) is 1.45. The van der Waals surface area contributed by atoms with E-state index in [-0.39, 0.29) is 0 Å². The molecule has 0 radical (unpaired) electrons. The van der Waals surface area contributed by atoms with Gasteiger partial charge in [-0.15, -0.1) is 0 Å². The van der Waals surface area contributed by atoms with Crippen molar-refractivity contribution in [1.82, 2.24) is 0 Å². The molecule has 3 heteroatoms. The van der Waals surface area contributed by atoms with Gasteiger partial charge >= 0.3 is 5.97 Å². The highest BCUT2D eigenvalue weighted by molar-refractivity contribution is 5.86. The van der Waals surface area contributed by atoms with Gasteiger partial charge < -0.3 is 9.53 Å². The van der Waals surface area contributed by atoms with E-state index in [1.54, 1.807) is 0 Å².